The minimum absolute atomic E-state index is 0.00438. The van der Waals surface area contributed by atoms with Gasteiger partial charge in [-0.15, -0.1) is 0 Å². The van der Waals surface area contributed by atoms with E-state index >= 15 is 0 Å². The molecular weight excluding hydrogens is 464 g/mol. The number of sulfonamides is 1. The van der Waals surface area contributed by atoms with Crippen molar-refractivity contribution in [2.24, 2.45) is 0 Å². The molecule has 2 heterocycles. The summed E-state index contributed by atoms with van der Waals surface area (Å²) in [4.78, 5) is 3.98. The Balaban J connectivity index is 1.44. The normalized spacial score (nSPS) is 11.8. The van der Waals surface area contributed by atoms with E-state index < -0.39 is 20.1 Å². The van der Waals surface area contributed by atoms with Crippen LogP contribution in [0.5, 0.6) is 5.75 Å². The largest absolute Gasteiger partial charge is 0.379 e. The summed E-state index contributed by atoms with van der Waals surface area (Å²) in [5, 5.41) is 4.22. The average molecular weight is 485 g/mol. The Labute approximate surface area is 191 Å². The van der Waals surface area contributed by atoms with Gasteiger partial charge in [0.1, 0.15) is 10.6 Å². The Kier molecular flexibility index (Phi) is 6.16. The molecule has 0 aliphatic carbocycles. The maximum absolute atomic E-state index is 12.7. The SMILES string of the molecule is Cc1ccc(S(=O)(=O)Oc2ccc(S(=O)(=O)Nc3ccn(Cc4cccnc4)n3)cc2)cc1. The van der Waals surface area contributed by atoms with Crippen molar-refractivity contribution in [1.82, 2.24) is 14.8 Å². The maximum atomic E-state index is 12.7. The van der Waals surface area contributed by atoms with Crippen LogP contribution in [-0.2, 0) is 26.7 Å². The molecule has 2 aromatic carbocycles. The van der Waals surface area contributed by atoms with Gasteiger partial charge < -0.3 is 4.18 Å². The van der Waals surface area contributed by atoms with Gasteiger partial charge in [-0.25, -0.2) is 8.42 Å². The second kappa shape index (κ2) is 9.04. The summed E-state index contributed by atoms with van der Waals surface area (Å²) in [5.74, 6) is 0.149. The number of rotatable bonds is 8. The Morgan fingerprint density at radius 3 is 2.27 bits per heavy atom. The molecule has 0 aliphatic heterocycles. The van der Waals surface area contributed by atoms with Crippen molar-refractivity contribution in [2.45, 2.75) is 23.3 Å². The Morgan fingerprint density at radius 2 is 1.61 bits per heavy atom. The molecule has 4 rings (SSSR count). The highest BCUT2D eigenvalue weighted by atomic mass is 32.2. The van der Waals surface area contributed by atoms with Crippen LogP contribution in [0, 0.1) is 6.92 Å². The van der Waals surface area contributed by atoms with E-state index in [0.717, 1.165) is 11.1 Å². The molecule has 0 saturated carbocycles. The smallest absolute Gasteiger partial charge is 0.339 e. The standard InChI is InChI=1S/C22H20N4O5S2/c1-17-4-8-21(9-5-17)33(29,30)31-19-6-10-20(11-7-19)32(27,28)25-22-12-14-26(24-22)16-18-3-2-13-23-15-18/h2-15H,16H2,1H3,(H,24,25). The number of benzene rings is 2. The molecule has 0 atom stereocenters. The van der Waals surface area contributed by atoms with Crippen LogP contribution in [0.3, 0.4) is 0 Å². The molecule has 0 bridgehead atoms. The van der Waals surface area contributed by atoms with Gasteiger partial charge in [0.25, 0.3) is 10.0 Å². The van der Waals surface area contributed by atoms with Crippen molar-refractivity contribution in [1.29, 1.82) is 0 Å². The maximum Gasteiger partial charge on any atom is 0.339 e. The second-order valence-corrected chi connectivity index (χ2v) is 10.4. The lowest BCUT2D eigenvalue weighted by Crippen LogP contribution is -2.14. The quantitative estimate of drug-likeness (QED) is 0.381. The van der Waals surface area contributed by atoms with E-state index in [0.29, 0.717) is 6.54 Å². The Hall–Kier alpha value is -3.70. The third kappa shape index (κ3) is 5.57. The van der Waals surface area contributed by atoms with Gasteiger partial charge in [0.05, 0.1) is 11.4 Å². The van der Waals surface area contributed by atoms with E-state index in [-0.39, 0.29) is 21.4 Å². The van der Waals surface area contributed by atoms with E-state index in [1.807, 2.05) is 19.1 Å². The van der Waals surface area contributed by atoms with Crippen LogP contribution in [0.1, 0.15) is 11.1 Å². The van der Waals surface area contributed by atoms with E-state index in [2.05, 4.69) is 14.8 Å². The van der Waals surface area contributed by atoms with Crippen molar-refractivity contribution in [2.75, 3.05) is 4.72 Å². The van der Waals surface area contributed by atoms with Crippen LogP contribution in [0.2, 0.25) is 0 Å². The average Bonchev–Trinajstić information content (AvgIpc) is 3.21. The van der Waals surface area contributed by atoms with Gasteiger partial charge >= 0.3 is 10.1 Å². The molecule has 0 saturated heterocycles. The molecule has 11 heteroatoms. The number of aromatic nitrogens is 3. The zero-order valence-corrected chi connectivity index (χ0v) is 19.1. The van der Waals surface area contributed by atoms with Crippen molar-refractivity contribution in [3.8, 4) is 5.75 Å². The predicted octanol–water partition coefficient (Wildman–Crippen LogP) is 3.20. The van der Waals surface area contributed by atoms with Gasteiger partial charge in [0.2, 0.25) is 0 Å². The van der Waals surface area contributed by atoms with E-state index in [1.54, 1.807) is 41.5 Å². The molecule has 0 spiro atoms. The molecular formula is C22H20N4O5S2. The van der Waals surface area contributed by atoms with Crippen LogP contribution in [0.15, 0.2) is 95.1 Å². The Bertz CT molecular complexity index is 1450. The number of hydrogen-bond donors (Lipinski definition) is 1. The third-order valence-electron chi connectivity index (χ3n) is 4.60. The molecule has 9 nitrogen and oxygen atoms in total. The van der Waals surface area contributed by atoms with Crippen LogP contribution < -0.4 is 8.91 Å². The second-order valence-electron chi connectivity index (χ2n) is 7.19. The molecule has 170 valence electrons. The van der Waals surface area contributed by atoms with E-state index in [1.165, 1.54) is 36.4 Å². The fraction of sp³-hybridized carbons (Fsp3) is 0.0909. The summed E-state index contributed by atoms with van der Waals surface area (Å²) in [7, 11) is -7.97. The first-order chi connectivity index (χ1) is 15.7. The molecule has 0 aliphatic rings. The van der Waals surface area contributed by atoms with E-state index in [9.17, 15) is 16.8 Å². The summed E-state index contributed by atoms with van der Waals surface area (Å²) < 4.78 is 59.3. The number of anilines is 1. The molecule has 1 N–H and O–H groups in total. The highest BCUT2D eigenvalue weighted by molar-refractivity contribution is 7.92. The molecule has 4 aromatic rings. The van der Waals surface area contributed by atoms with Crippen molar-refractivity contribution in [3.05, 3.63) is 96.4 Å². The lowest BCUT2D eigenvalue weighted by molar-refractivity contribution is 0.486. The zero-order chi connectivity index (χ0) is 23.5. The van der Waals surface area contributed by atoms with Gasteiger partial charge in [0, 0.05) is 24.7 Å². The van der Waals surface area contributed by atoms with Crippen molar-refractivity contribution in [3.63, 3.8) is 0 Å². The lowest BCUT2D eigenvalue weighted by Gasteiger charge is -2.09. The third-order valence-corrected chi connectivity index (χ3v) is 7.23. The number of nitrogens with zero attached hydrogens (tertiary/aromatic N) is 3. The molecule has 33 heavy (non-hydrogen) atoms. The lowest BCUT2D eigenvalue weighted by atomic mass is 10.2. The monoisotopic (exact) mass is 484 g/mol. The molecule has 0 amide bonds. The summed E-state index contributed by atoms with van der Waals surface area (Å²) in [6.07, 6.45) is 5.02. The molecule has 0 radical (unpaired) electrons. The predicted molar refractivity (Wildman–Crippen MR) is 122 cm³/mol. The summed E-state index contributed by atoms with van der Waals surface area (Å²) in [5.41, 5.74) is 1.84. The highest BCUT2D eigenvalue weighted by Crippen LogP contribution is 2.22. The van der Waals surface area contributed by atoms with Crippen LogP contribution in [-0.4, -0.2) is 31.6 Å². The van der Waals surface area contributed by atoms with Crippen molar-refractivity contribution < 1.29 is 21.0 Å². The molecule has 2 aromatic heterocycles. The first-order valence-corrected chi connectivity index (χ1v) is 12.7. The van der Waals surface area contributed by atoms with Gasteiger partial charge in [-0.3, -0.25) is 14.4 Å². The summed E-state index contributed by atoms with van der Waals surface area (Å²) in [6.45, 7) is 2.28. The molecule has 0 fully saturated rings. The first-order valence-electron chi connectivity index (χ1n) is 9.78. The minimum Gasteiger partial charge on any atom is -0.379 e. The number of aryl methyl sites for hydroxylation is 1. The van der Waals surface area contributed by atoms with Crippen LogP contribution in [0.25, 0.3) is 0 Å². The van der Waals surface area contributed by atoms with Crippen LogP contribution in [0.4, 0.5) is 5.82 Å². The highest BCUT2D eigenvalue weighted by Gasteiger charge is 2.19. The topological polar surface area (TPSA) is 120 Å². The number of pyridine rings is 1. The van der Waals surface area contributed by atoms with Gasteiger partial charge in [-0.05, 0) is 55.0 Å². The fourth-order valence-corrected chi connectivity index (χ4v) is 4.86. The van der Waals surface area contributed by atoms with Gasteiger partial charge in [-0.2, -0.15) is 13.5 Å². The van der Waals surface area contributed by atoms with Gasteiger partial charge in [0.15, 0.2) is 5.82 Å². The van der Waals surface area contributed by atoms with Crippen molar-refractivity contribution >= 4 is 26.0 Å². The van der Waals surface area contributed by atoms with Gasteiger partial charge in [-0.1, -0.05) is 23.8 Å². The summed E-state index contributed by atoms with van der Waals surface area (Å²) >= 11 is 0. The zero-order valence-electron chi connectivity index (χ0n) is 17.5. The first kappa shape index (κ1) is 22.5. The fourth-order valence-electron chi connectivity index (χ4n) is 2.93. The number of nitrogens with one attached hydrogen (secondary N) is 1. The summed E-state index contributed by atoms with van der Waals surface area (Å²) in [6, 6.07) is 16.5. The minimum atomic E-state index is -4.03. The molecule has 0 unspecified atom stereocenters. The van der Waals surface area contributed by atoms with E-state index in [4.69, 9.17) is 4.18 Å². The Morgan fingerprint density at radius 1 is 0.909 bits per heavy atom. The van der Waals surface area contributed by atoms with Crippen LogP contribution >= 0.6 is 0 Å². The number of hydrogen-bond acceptors (Lipinski definition) is 7.